The average Bonchev–Trinajstić information content (AvgIpc) is 2.03. The van der Waals surface area contributed by atoms with Crippen molar-refractivity contribution in [2.45, 2.75) is 10.4 Å². The summed E-state index contributed by atoms with van der Waals surface area (Å²) in [6.07, 6.45) is 1.58. The van der Waals surface area contributed by atoms with E-state index in [4.69, 9.17) is 0 Å². The second-order valence-electron chi connectivity index (χ2n) is 2.17. The van der Waals surface area contributed by atoms with Crippen molar-refractivity contribution in [1.29, 1.82) is 0 Å². The van der Waals surface area contributed by atoms with Crippen molar-refractivity contribution < 1.29 is 18.0 Å². The molecule has 0 unspecified atom stereocenters. The van der Waals surface area contributed by atoms with E-state index in [-0.39, 0.29) is 22.2 Å². The molecule has 0 saturated heterocycles. The van der Waals surface area contributed by atoms with Gasteiger partial charge in [-0.3, -0.25) is 4.79 Å². The fourth-order valence-electron chi connectivity index (χ4n) is 0.725. The number of carbonyl (C=O) groups excluding carboxylic acids is 1. The molecule has 0 bridgehead atoms. The Morgan fingerprint density at radius 1 is 1.15 bits per heavy atom. The lowest BCUT2D eigenvalue weighted by Gasteiger charge is -2.04. The first-order valence-electron chi connectivity index (χ1n) is 3.25. The van der Waals surface area contributed by atoms with Crippen molar-refractivity contribution in [3.8, 4) is 0 Å². The third-order valence-electron chi connectivity index (χ3n) is 1.21. The lowest BCUT2D eigenvalue weighted by atomic mass is 10.2. The summed E-state index contributed by atoms with van der Waals surface area (Å²) in [5, 5.41) is 0. The van der Waals surface area contributed by atoms with E-state index in [1.807, 2.05) is 0 Å². The second-order valence-corrected chi connectivity index (χ2v) is 3.31. The van der Waals surface area contributed by atoms with Crippen molar-refractivity contribution in [2.75, 3.05) is 0 Å². The van der Waals surface area contributed by atoms with E-state index in [2.05, 4.69) is 0 Å². The van der Waals surface area contributed by atoms with Crippen LogP contribution in [-0.4, -0.2) is 11.8 Å². The lowest BCUT2D eigenvalue weighted by Crippen LogP contribution is -1.98. The monoisotopic (exact) mass is 205 g/mol. The van der Waals surface area contributed by atoms with Crippen LogP contribution in [0, 0.1) is 0 Å². The van der Waals surface area contributed by atoms with Gasteiger partial charge in [0, 0.05) is 10.5 Å². The topological polar surface area (TPSA) is 17.1 Å². The van der Waals surface area contributed by atoms with Crippen LogP contribution < -0.4 is 0 Å². The van der Waals surface area contributed by atoms with E-state index < -0.39 is 5.51 Å². The van der Waals surface area contributed by atoms with Crippen molar-refractivity contribution in [2.24, 2.45) is 0 Å². The summed E-state index contributed by atoms with van der Waals surface area (Å²) in [5.74, 6) is 0. The van der Waals surface area contributed by atoms with E-state index in [1.54, 1.807) is 6.29 Å². The normalized spacial score (nSPS) is 11.3. The van der Waals surface area contributed by atoms with E-state index in [9.17, 15) is 18.0 Å². The van der Waals surface area contributed by atoms with Crippen LogP contribution in [0.3, 0.4) is 0 Å². The number of alkyl halides is 3. The fraction of sp³-hybridized carbons (Fsp3) is 0.125. The zero-order valence-corrected chi connectivity index (χ0v) is 7.08. The van der Waals surface area contributed by atoms with Gasteiger partial charge in [0.2, 0.25) is 6.29 Å². The molecule has 0 aliphatic carbocycles. The van der Waals surface area contributed by atoms with Crippen LogP contribution in [0.15, 0.2) is 29.2 Å². The summed E-state index contributed by atoms with van der Waals surface area (Å²) in [7, 11) is 0. The van der Waals surface area contributed by atoms with Gasteiger partial charge >= 0.3 is 5.51 Å². The van der Waals surface area contributed by atoms with Gasteiger partial charge in [0.1, 0.15) is 0 Å². The van der Waals surface area contributed by atoms with Crippen molar-refractivity contribution >= 4 is 18.0 Å². The van der Waals surface area contributed by atoms with Crippen LogP contribution in [-0.2, 0) is 4.79 Å². The van der Waals surface area contributed by atoms with Gasteiger partial charge in [-0.2, -0.15) is 13.2 Å². The third kappa shape index (κ3) is 3.50. The third-order valence-corrected chi connectivity index (χ3v) is 1.95. The maximum atomic E-state index is 11.8. The molecular formula is C8H4F3OS. The largest absolute Gasteiger partial charge is 0.446 e. The Labute approximate surface area is 76.9 Å². The molecule has 1 nitrogen and oxygen atoms in total. The lowest BCUT2D eigenvalue weighted by molar-refractivity contribution is -0.0328. The molecule has 0 spiro atoms. The molecule has 1 aromatic rings. The highest BCUT2D eigenvalue weighted by atomic mass is 32.2. The standard InChI is InChI=1S/C8H4F3OS/c9-8(10,11)13-7-3-1-6(5-12)2-4-7/h1-4H. The highest BCUT2D eigenvalue weighted by Gasteiger charge is 2.28. The summed E-state index contributed by atoms with van der Waals surface area (Å²) in [5.41, 5.74) is -4.04. The summed E-state index contributed by atoms with van der Waals surface area (Å²) in [6, 6.07) is 5.05. The van der Waals surface area contributed by atoms with Gasteiger partial charge in [-0.1, -0.05) is 0 Å². The molecule has 0 amide bonds. The summed E-state index contributed by atoms with van der Waals surface area (Å²) >= 11 is -0.210. The van der Waals surface area contributed by atoms with E-state index in [1.165, 1.54) is 24.3 Å². The Balaban J connectivity index is 2.75. The Morgan fingerprint density at radius 2 is 1.69 bits per heavy atom. The molecule has 0 aliphatic heterocycles. The SMILES string of the molecule is O=[C]c1ccc(SC(F)(F)F)cc1. The molecule has 69 valence electrons. The van der Waals surface area contributed by atoms with E-state index >= 15 is 0 Å². The molecule has 0 aliphatic rings. The molecule has 1 rings (SSSR count). The number of halogens is 3. The Bertz CT molecular complexity index is 291. The minimum absolute atomic E-state index is 0.0616. The maximum Gasteiger partial charge on any atom is 0.446 e. The van der Waals surface area contributed by atoms with Crippen LogP contribution in [0.1, 0.15) is 5.56 Å². The smallest absolute Gasteiger partial charge is 0.285 e. The number of hydrogen-bond donors (Lipinski definition) is 0. The minimum Gasteiger partial charge on any atom is -0.285 e. The molecule has 0 saturated carbocycles. The molecular weight excluding hydrogens is 201 g/mol. The van der Waals surface area contributed by atoms with Gasteiger partial charge in [0.15, 0.2) is 0 Å². The van der Waals surface area contributed by atoms with Crippen LogP contribution in [0.25, 0.3) is 0 Å². The molecule has 5 heteroatoms. The first-order valence-corrected chi connectivity index (χ1v) is 4.07. The Morgan fingerprint density at radius 3 is 2.08 bits per heavy atom. The Hall–Kier alpha value is -0.970. The number of thioether (sulfide) groups is 1. The molecule has 0 aromatic heterocycles. The fourth-order valence-corrected chi connectivity index (χ4v) is 1.26. The van der Waals surface area contributed by atoms with Gasteiger partial charge in [-0.05, 0) is 36.0 Å². The highest BCUT2D eigenvalue weighted by Crippen LogP contribution is 2.36. The van der Waals surface area contributed by atoms with Crippen LogP contribution in [0.5, 0.6) is 0 Å². The molecule has 0 atom stereocenters. The van der Waals surface area contributed by atoms with Gasteiger partial charge in [0.25, 0.3) is 0 Å². The van der Waals surface area contributed by atoms with Crippen LogP contribution in [0.4, 0.5) is 13.2 Å². The molecule has 13 heavy (non-hydrogen) atoms. The molecule has 0 fully saturated rings. The predicted molar refractivity (Wildman–Crippen MR) is 43.1 cm³/mol. The van der Waals surface area contributed by atoms with Crippen molar-refractivity contribution in [3.63, 3.8) is 0 Å². The van der Waals surface area contributed by atoms with Gasteiger partial charge in [-0.15, -0.1) is 0 Å². The van der Waals surface area contributed by atoms with Crippen LogP contribution >= 0.6 is 11.8 Å². The zero-order valence-electron chi connectivity index (χ0n) is 6.26. The minimum atomic E-state index is -4.29. The van der Waals surface area contributed by atoms with Gasteiger partial charge in [0.05, 0.1) is 0 Å². The predicted octanol–water partition coefficient (Wildman–Crippen LogP) is 2.76. The number of rotatable bonds is 2. The first kappa shape index (κ1) is 10.1. The van der Waals surface area contributed by atoms with Crippen molar-refractivity contribution in [1.82, 2.24) is 0 Å². The second kappa shape index (κ2) is 3.83. The summed E-state index contributed by atoms with van der Waals surface area (Å²) in [4.78, 5) is 10.1. The van der Waals surface area contributed by atoms with Crippen LogP contribution in [0.2, 0.25) is 0 Å². The quantitative estimate of drug-likeness (QED) is 0.690. The maximum absolute atomic E-state index is 11.8. The van der Waals surface area contributed by atoms with Gasteiger partial charge in [-0.25, -0.2) is 0 Å². The van der Waals surface area contributed by atoms with Crippen molar-refractivity contribution in [3.05, 3.63) is 29.8 Å². The van der Waals surface area contributed by atoms with Gasteiger partial charge < -0.3 is 0 Å². The number of hydrogen-bond acceptors (Lipinski definition) is 2. The van der Waals surface area contributed by atoms with E-state index in [0.29, 0.717) is 0 Å². The molecule has 0 heterocycles. The first-order chi connectivity index (χ1) is 6.01. The molecule has 1 radical (unpaired) electrons. The molecule has 1 aromatic carbocycles. The average molecular weight is 205 g/mol. The Kier molecular flexibility index (Phi) is 2.98. The zero-order chi connectivity index (χ0) is 9.90. The summed E-state index contributed by atoms with van der Waals surface area (Å²) in [6.45, 7) is 0. The highest BCUT2D eigenvalue weighted by molar-refractivity contribution is 8.00. The summed E-state index contributed by atoms with van der Waals surface area (Å²) < 4.78 is 35.4. The number of benzene rings is 1. The molecule has 0 N–H and O–H groups in total. The van der Waals surface area contributed by atoms with E-state index in [0.717, 1.165) is 0 Å².